The van der Waals surface area contributed by atoms with Gasteiger partial charge in [0.05, 0.1) is 24.1 Å². The maximum Gasteiger partial charge on any atom is 0.314 e. The minimum absolute atomic E-state index is 0.0553. The highest BCUT2D eigenvalue weighted by molar-refractivity contribution is 5.90. The summed E-state index contributed by atoms with van der Waals surface area (Å²) in [4.78, 5) is 25.6. The van der Waals surface area contributed by atoms with Crippen molar-refractivity contribution in [2.24, 2.45) is 5.41 Å². The molecule has 3 rings (SSSR count). The third-order valence-corrected chi connectivity index (χ3v) is 4.08. The van der Waals surface area contributed by atoms with E-state index in [0.717, 1.165) is 0 Å². The van der Waals surface area contributed by atoms with Crippen molar-refractivity contribution in [1.29, 1.82) is 0 Å². The fourth-order valence-corrected chi connectivity index (χ4v) is 3.34. The maximum atomic E-state index is 11.9. The van der Waals surface area contributed by atoms with E-state index < -0.39 is 5.41 Å². The zero-order chi connectivity index (χ0) is 11.5. The molecule has 0 radical (unpaired) electrons. The third-order valence-electron chi connectivity index (χ3n) is 4.08. The van der Waals surface area contributed by atoms with Crippen LogP contribution in [0, 0.1) is 5.41 Å². The Balaban J connectivity index is 2.08. The zero-order valence-electron chi connectivity index (χ0n) is 9.16. The van der Waals surface area contributed by atoms with Crippen LogP contribution in [0.15, 0.2) is 12.3 Å². The standard InChI is InChI=1S/C11H14N2O3/c1-6-8-11(3-4-16-10(11)15)5-7(13(8)2)9(14)12-6/h7-8H,1,3-5H2,2H3,(H,12,14)/t7-,8-,11-/m1/s1. The number of piperazine rings is 1. The molecule has 1 amide bonds. The number of carbonyl (C=O) groups excluding carboxylic acids is 2. The van der Waals surface area contributed by atoms with Crippen molar-refractivity contribution in [3.63, 3.8) is 0 Å². The molecule has 5 nitrogen and oxygen atoms in total. The summed E-state index contributed by atoms with van der Waals surface area (Å²) in [6.45, 7) is 4.32. The van der Waals surface area contributed by atoms with Gasteiger partial charge in [0.2, 0.25) is 5.91 Å². The summed E-state index contributed by atoms with van der Waals surface area (Å²) >= 11 is 0. The predicted octanol–water partition coefficient (Wildman–Crippen LogP) is -0.364. The molecule has 0 aromatic rings. The van der Waals surface area contributed by atoms with Gasteiger partial charge in [0.25, 0.3) is 0 Å². The summed E-state index contributed by atoms with van der Waals surface area (Å²) < 4.78 is 5.08. The number of nitrogens with zero attached hydrogens (tertiary/aromatic N) is 1. The number of carbonyl (C=O) groups is 2. The van der Waals surface area contributed by atoms with E-state index in [4.69, 9.17) is 4.74 Å². The second kappa shape index (κ2) is 2.85. The van der Waals surface area contributed by atoms with Gasteiger partial charge < -0.3 is 10.1 Å². The average molecular weight is 222 g/mol. The molecule has 3 aliphatic heterocycles. The number of amides is 1. The van der Waals surface area contributed by atoms with E-state index in [1.165, 1.54) is 0 Å². The van der Waals surface area contributed by atoms with Gasteiger partial charge in [0.1, 0.15) is 0 Å². The average Bonchev–Trinajstić information content (AvgIpc) is 2.66. The number of cyclic esters (lactones) is 1. The highest BCUT2D eigenvalue weighted by Gasteiger charge is 2.63. The predicted molar refractivity (Wildman–Crippen MR) is 55.2 cm³/mol. The fraction of sp³-hybridized carbons (Fsp3) is 0.636. The lowest BCUT2D eigenvalue weighted by atomic mass is 9.77. The van der Waals surface area contributed by atoms with Gasteiger partial charge in [0.15, 0.2) is 0 Å². The van der Waals surface area contributed by atoms with Crippen LogP contribution in [0.1, 0.15) is 12.8 Å². The molecule has 2 bridgehead atoms. The molecule has 5 heteroatoms. The Hall–Kier alpha value is -1.36. The first-order valence-electron chi connectivity index (χ1n) is 5.45. The van der Waals surface area contributed by atoms with Crippen LogP contribution in [-0.4, -0.2) is 42.5 Å². The SMILES string of the molecule is C=C1NC(=O)[C@H]2C[C@]3(CCOC3=O)[C@@H]1N2C. The van der Waals surface area contributed by atoms with Crippen molar-refractivity contribution < 1.29 is 14.3 Å². The molecule has 86 valence electrons. The van der Waals surface area contributed by atoms with Crippen molar-refractivity contribution in [3.05, 3.63) is 12.3 Å². The second-order valence-corrected chi connectivity index (χ2v) is 4.84. The maximum absolute atomic E-state index is 11.9. The Labute approximate surface area is 93.4 Å². The first kappa shape index (κ1) is 9.84. The summed E-state index contributed by atoms with van der Waals surface area (Å²) in [5.74, 6) is -0.232. The first-order valence-corrected chi connectivity index (χ1v) is 5.45. The molecule has 16 heavy (non-hydrogen) atoms. The molecule has 3 atom stereocenters. The molecule has 0 aromatic heterocycles. The van der Waals surface area contributed by atoms with Crippen LogP contribution in [0.2, 0.25) is 0 Å². The second-order valence-electron chi connectivity index (χ2n) is 4.84. The number of nitrogens with one attached hydrogen (secondary N) is 1. The van der Waals surface area contributed by atoms with E-state index in [9.17, 15) is 9.59 Å². The normalized spacial score (nSPS) is 42.7. The van der Waals surface area contributed by atoms with E-state index in [1.807, 2.05) is 11.9 Å². The van der Waals surface area contributed by atoms with Gasteiger partial charge in [-0.3, -0.25) is 14.5 Å². The van der Waals surface area contributed by atoms with Crippen molar-refractivity contribution in [2.75, 3.05) is 13.7 Å². The first-order chi connectivity index (χ1) is 7.56. The van der Waals surface area contributed by atoms with Gasteiger partial charge in [-0.1, -0.05) is 6.58 Å². The highest BCUT2D eigenvalue weighted by atomic mass is 16.5. The number of hydrogen-bond acceptors (Lipinski definition) is 4. The Morgan fingerprint density at radius 2 is 2.31 bits per heavy atom. The van der Waals surface area contributed by atoms with E-state index in [1.54, 1.807) is 0 Å². The lowest BCUT2D eigenvalue weighted by Crippen LogP contribution is -2.54. The summed E-state index contributed by atoms with van der Waals surface area (Å²) in [6, 6.07) is -0.327. The third kappa shape index (κ3) is 0.942. The number of ether oxygens (including phenoxy) is 1. The summed E-state index contributed by atoms with van der Waals surface area (Å²) in [7, 11) is 1.87. The number of rotatable bonds is 0. The molecule has 0 aliphatic carbocycles. The Morgan fingerprint density at radius 3 is 2.94 bits per heavy atom. The summed E-state index contributed by atoms with van der Waals surface area (Å²) in [6.07, 6.45) is 1.24. The van der Waals surface area contributed by atoms with Gasteiger partial charge in [-0.15, -0.1) is 0 Å². The Morgan fingerprint density at radius 1 is 1.56 bits per heavy atom. The van der Waals surface area contributed by atoms with Crippen LogP contribution in [0.25, 0.3) is 0 Å². The molecule has 1 N–H and O–H groups in total. The molecule has 3 aliphatic rings. The van der Waals surface area contributed by atoms with Crippen LogP contribution < -0.4 is 5.32 Å². The summed E-state index contributed by atoms with van der Waals surface area (Å²) in [5.41, 5.74) is 0.0791. The zero-order valence-corrected chi connectivity index (χ0v) is 9.16. The topological polar surface area (TPSA) is 58.6 Å². The van der Waals surface area contributed by atoms with Crippen LogP contribution >= 0.6 is 0 Å². The van der Waals surface area contributed by atoms with Gasteiger partial charge in [-0.25, -0.2) is 0 Å². The molecule has 0 aromatic carbocycles. The smallest absolute Gasteiger partial charge is 0.314 e. The lowest BCUT2D eigenvalue weighted by molar-refractivity contribution is -0.146. The highest BCUT2D eigenvalue weighted by Crippen LogP contribution is 2.50. The van der Waals surface area contributed by atoms with E-state index in [-0.39, 0.29) is 24.0 Å². The quantitative estimate of drug-likeness (QED) is 0.568. The number of fused-ring (bicyclic) bond motifs is 3. The van der Waals surface area contributed by atoms with Crippen LogP contribution in [0.5, 0.6) is 0 Å². The van der Waals surface area contributed by atoms with Gasteiger partial charge >= 0.3 is 5.97 Å². The van der Waals surface area contributed by atoms with E-state index >= 15 is 0 Å². The Kier molecular flexibility index (Phi) is 1.75. The summed E-state index contributed by atoms with van der Waals surface area (Å²) in [5, 5.41) is 2.76. The fourth-order valence-electron chi connectivity index (χ4n) is 3.34. The van der Waals surface area contributed by atoms with Gasteiger partial charge in [0, 0.05) is 5.70 Å². The monoisotopic (exact) mass is 222 g/mol. The molecular weight excluding hydrogens is 208 g/mol. The lowest BCUT2D eigenvalue weighted by Gasteiger charge is -2.35. The van der Waals surface area contributed by atoms with Crippen molar-refractivity contribution >= 4 is 11.9 Å². The van der Waals surface area contributed by atoms with Crippen molar-refractivity contribution in [1.82, 2.24) is 10.2 Å². The van der Waals surface area contributed by atoms with Crippen molar-refractivity contribution in [2.45, 2.75) is 24.9 Å². The molecular formula is C11H14N2O3. The minimum atomic E-state index is -0.546. The van der Waals surface area contributed by atoms with E-state index in [2.05, 4.69) is 11.9 Å². The molecule has 0 unspecified atom stereocenters. The van der Waals surface area contributed by atoms with Crippen LogP contribution in [-0.2, 0) is 14.3 Å². The largest absolute Gasteiger partial charge is 0.465 e. The molecule has 3 saturated heterocycles. The number of esters is 1. The molecule has 1 spiro atoms. The van der Waals surface area contributed by atoms with Gasteiger partial charge in [-0.05, 0) is 19.9 Å². The number of likely N-dealkylation sites (N-methyl/N-ethyl adjacent to an activating group) is 1. The van der Waals surface area contributed by atoms with Crippen molar-refractivity contribution in [3.8, 4) is 0 Å². The van der Waals surface area contributed by atoms with Gasteiger partial charge in [-0.2, -0.15) is 0 Å². The Bertz CT molecular complexity index is 406. The van der Waals surface area contributed by atoms with Crippen LogP contribution in [0.4, 0.5) is 0 Å². The molecule has 3 heterocycles. The number of hydrogen-bond donors (Lipinski definition) is 1. The molecule has 3 fully saturated rings. The molecule has 0 saturated carbocycles. The van der Waals surface area contributed by atoms with E-state index in [0.29, 0.717) is 25.1 Å². The minimum Gasteiger partial charge on any atom is -0.465 e. The van der Waals surface area contributed by atoms with Crippen LogP contribution in [0.3, 0.4) is 0 Å².